The summed E-state index contributed by atoms with van der Waals surface area (Å²) < 4.78 is 0. The third-order valence-corrected chi connectivity index (χ3v) is 5.28. The molecule has 1 amide bonds. The number of carboxylic acid groups (broad SMARTS) is 1. The molecule has 0 aromatic heterocycles. The molecule has 0 saturated heterocycles. The minimum absolute atomic E-state index is 0.00718. The van der Waals surface area contributed by atoms with E-state index in [9.17, 15) is 29.3 Å². The first-order chi connectivity index (χ1) is 13.0. The van der Waals surface area contributed by atoms with Gasteiger partial charge in [0.25, 0.3) is 17.7 Å². The number of carbonyl (C=O) groups excluding carboxylic acids is 3. The van der Waals surface area contributed by atoms with Crippen molar-refractivity contribution in [2.45, 2.75) is 25.8 Å². The third kappa shape index (κ3) is 4.66. The number of carboxylic acids is 1. The van der Waals surface area contributed by atoms with Gasteiger partial charge in [0.15, 0.2) is 0 Å². The number of Topliss-reactive ketones (excluding diaryl/α,β-unsaturated/α-hetero) is 2. The molecule has 2 rings (SSSR count). The Labute approximate surface area is 169 Å². The fraction of sp³-hybridized carbons (Fsp3) is 0.412. The second kappa shape index (κ2) is 8.66. The predicted molar refractivity (Wildman–Crippen MR) is 98.9 cm³/mol. The molecule has 0 heterocycles. The highest BCUT2D eigenvalue weighted by Gasteiger charge is 2.54. The number of ketones is 2. The number of rotatable bonds is 7. The van der Waals surface area contributed by atoms with Crippen LogP contribution in [0.25, 0.3) is 0 Å². The highest BCUT2D eigenvalue weighted by atomic mass is 35.5. The minimum Gasteiger partial charge on any atom is -0.481 e. The number of aliphatic carboxylic acids is 1. The van der Waals surface area contributed by atoms with Crippen LogP contribution in [0, 0.1) is 27.9 Å². The number of benzene rings is 1. The number of hydrogen-bond acceptors (Lipinski definition) is 6. The van der Waals surface area contributed by atoms with E-state index in [1.54, 1.807) is 0 Å². The normalized spacial score (nSPS) is 22.5. The Morgan fingerprint density at radius 1 is 1.36 bits per heavy atom. The maximum atomic E-state index is 12.6. The van der Waals surface area contributed by atoms with Gasteiger partial charge in [-0.05, 0) is 24.1 Å². The Kier molecular flexibility index (Phi) is 6.73. The molecule has 28 heavy (non-hydrogen) atoms. The van der Waals surface area contributed by atoms with E-state index in [4.69, 9.17) is 28.3 Å². The molecular formula is C17H16Cl2N2O7. The lowest BCUT2D eigenvalue weighted by atomic mass is 9.80. The van der Waals surface area contributed by atoms with Gasteiger partial charge in [0, 0.05) is 28.2 Å². The van der Waals surface area contributed by atoms with E-state index in [1.165, 1.54) is 25.1 Å². The smallest absolute Gasteiger partial charge is 0.304 e. The van der Waals surface area contributed by atoms with Gasteiger partial charge < -0.3 is 10.4 Å². The van der Waals surface area contributed by atoms with Gasteiger partial charge >= 0.3 is 5.97 Å². The number of nitrogens with zero attached hydrogens (tertiary/aromatic N) is 1. The Morgan fingerprint density at radius 2 is 2.00 bits per heavy atom. The Morgan fingerprint density at radius 3 is 2.57 bits per heavy atom. The van der Waals surface area contributed by atoms with Crippen molar-refractivity contribution in [3.8, 4) is 0 Å². The molecule has 11 heteroatoms. The van der Waals surface area contributed by atoms with Crippen LogP contribution in [0.2, 0.25) is 10.0 Å². The van der Waals surface area contributed by atoms with Crippen molar-refractivity contribution in [3.63, 3.8) is 0 Å². The van der Waals surface area contributed by atoms with E-state index in [1.807, 2.05) is 0 Å². The van der Waals surface area contributed by atoms with E-state index in [0.29, 0.717) is 0 Å². The molecule has 9 nitrogen and oxygen atoms in total. The number of hydrogen-bond donors (Lipinski definition) is 2. The first-order valence-corrected chi connectivity index (χ1v) is 8.96. The monoisotopic (exact) mass is 430 g/mol. The molecule has 1 aromatic rings. The largest absolute Gasteiger partial charge is 0.481 e. The van der Waals surface area contributed by atoms with Crippen molar-refractivity contribution in [2.24, 2.45) is 17.8 Å². The lowest BCUT2D eigenvalue weighted by molar-refractivity contribution is -0.518. The molecule has 1 aliphatic rings. The molecule has 0 bridgehead atoms. The minimum atomic E-state index is -2.05. The Hall–Kier alpha value is -2.52. The molecule has 2 N–H and O–H groups in total. The summed E-state index contributed by atoms with van der Waals surface area (Å²) in [5.74, 6) is -7.52. The zero-order valence-electron chi connectivity index (χ0n) is 14.6. The van der Waals surface area contributed by atoms with Crippen LogP contribution in [0.5, 0.6) is 0 Å². The zero-order chi connectivity index (χ0) is 21.2. The Balaban J connectivity index is 2.31. The second-order valence-electron chi connectivity index (χ2n) is 6.60. The number of carbonyl (C=O) groups is 4. The first-order valence-electron chi connectivity index (χ1n) is 8.21. The molecule has 0 radical (unpaired) electrons. The van der Waals surface area contributed by atoms with E-state index >= 15 is 0 Å². The quantitative estimate of drug-likeness (QED) is 0.383. The summed E-state index contributed by atoms with van der Waals surface area (Å²) in [6.45, 7) is 1.51. The van der Waals surface area contributed by atoms with Crippen LogP contribution < -0.4 is 5.32 Å². The lowest BCUT2D eigenvalue weighted by Gasteiger charge is -2.22. The van der Waals surface area contributed by atoms with Crippen LogP contribution in [-0.4, -0.2) is 39.5 Å². The summed E-state index contributed by atoms with van der Waals surface area (Å²) in [6, 6.07) is 2.04. The number of nitrogens with one attached hydrogen (secondary N) is 1. The summed E-state index contributed by atoms with van der Waals surface area (Å²) in [5, 5.41) is 23.1. The summed E-state index contributed by atoms with van der Waals surface area (Å²) in [5.41, 5.74) is -0.00718. The van der Waals surface area contributed by atoms with Crippen molar-refractivity contribution in [1.29, 1.82) is 0 Å². The number of halogens is 2. The van der Waals surface area contributed by atoms with Gasteiger partial charge in [0.05, 0.1) is 17.1 Å². The topological polar surface area (TPSA) is 144 Å². The number of amides is 1. The molecule has 4 atom stereocenters. The van der Waals surface area contributed by atoms with Crippen LogP contribution >= 0.6 is 23.2 Å². The summed E-state index contributed by atoms with van der Waals surface area (Å²) in [6.07, 6.45) is -0.741. The van der Waals surface area contributed by atoms with Gasteiger partial charge in [0.1, 0.15) is 5.78 Å². The average Bonchev–Trinajstić information content (AvgIpc) is 2.84. The lowest BCUT2D eigenvalue weighted by Crippen LogP contribution is -2.46. The molecule has 0 spiro atoms. The molecule has 1 aromatic carbocycles. The average molecular weight is 431 g/mol. The fourth-order valence-electron chi connectivity index (χ4n) is 3.51. The first kappa shape index (κ1) is 21.8. The van der Waals surface area contributed by atoms with E-state index in [-0.39, 0.29) is 22.2 Å². The summed E-state index contributed by atoms with van der Waals surface area (Å²) in [7, 11) is 0. The highest BCUT2D eigenvalue weighted by Crippen LogP contribution is 2.40. The van der Waals surface area contributed by atoms with E-state index < -0.39 is 58.6 Å². The van der Waals surface area contributed by atoms with Crippen molar-refractivity contribution in [3.05, 3.63) is 38.4 Å². The number of anilines is 1. The Bertz CT molecular complexity index is 858. The second-order valence-corrected chi connectivity index (χ2v) is 7.45. The number of nitro groups is 1. The standard InChI is InChI=1S/C17H16Cl2N2O7/c1-7-4-12(22)9(6-13(23)24)14(7)15(21(27)28)16(25)17(26)20-11-5-8(18)2-3-10(11)19/h2-3,5,7,9,14-15H,4,6H2,1H3,(H,20,26)(H,23,24)/t7-,9-,14+,15-/m0/s1. The van der Waals surface area contributed by atoms with Crippen LogP contribution in [0.3, 0.4) is 0 Å². The maximum absolute atomic E-state index is 12.6. The van der Waals surface area contributed by atoms with Crippen LogP contribution in [-0.2, 0) is 19.2 Å². The van der Waals surface area contributed by atoms with Crippen LogP contribution in [0.4, 0.5) is 5.69 Å². The van der Waals surface area contributed by atoms with Gasteiger partial charge in [-0.1, -0.05) is 30.1 Å². The van der Waals surface area contributed by atoms with E-state index in [0.717, 1.165) is 0 Å². The summed E-state index contributed by atoms with van der Waals surface area (Å²) in [4.78, 5) is 58.7. The SMILES string of the molecule is C[C@H]1CC(=O)[C@H](CC(=O)O)[C@@H]1[C@@H](C(=O)C(=O)Nc1cc(Cl)ccc1Cl)[N+](=O)[O-]. The highest BCUT2D eigenvalue weighted by molar-refractivity contribution is 6.44. The van der Waals surface area contributed by atoms with Gasteiger partial charge in [-0.15, -0.1) is 0 Å². The molecule has 0 aliphatic heterocycles. The third-order valence-electron chi connectivity index (χ3n) is 4.71. The molecule has 1 fully saturated rings. The van der Waals surface area contributed by atoms with Crippen molar-refractivity contribution < 1.29 is 29.2 Å². The van der Waals surface area contributed by atoms with Gasteiger partial charge in [0.2, 0.25) is 0 Å². The van der Waals surface area contributed by atoms with Gasteiger partial charge in [-0.25, -0.2) is 0 Å². The molecule has 0 unspecified atom stereocenters. The van der Waals surface area contributed by atoms with Crippen LogP contribution in [0.1, 0.15) is 19.8 Å². The molecule has 1 saturated carbocycles. The fourth-order valence-corrected chi connectivity index (χ4v) is 3.84. The van der Waals surface area contributed by atoms with Gasteiger partial charge in [-0.2, -0.15) is 0 Å². The van der Waals surface area contributed by atoms with Gasteiger partial charge in [-0.3, -0.25) is 29.3 Å². The van der Waals surface area contributed by atoms with Crippen molar-refractivity contribution >= 4 is 52.3 Å². The maximum Gasteiger partial charge on any atom is 0.304 e. The summed E-state index contributed by atoms with van der Waals surface area (Å²) >= 11 is 11.7. The van der Waals surface area contributed by atoms with Crippen molar-refractivity contribution in [2.75, 3.05) is 5.32 Å². The molecule has 1 aliphatic carbocycles. The molecule has 150 valence electrons. The van der Waals surface area contributed by atoms with E-state index in [2.05, 4.69) is 5.32 Å². The van der Waals surface area contributed by atoms with Crippen molar-refractivity contribution in [1.82, 2.24) is 0 Å². The van der Waals surface area contributed by atoms with Crippen LogP contribution in [0.15, 0.2) is 18.2 Å². The predicted octanol–water partition coefficient (Wildman–Crippen LogP) is 2.46. The zero-order valence-corrected chi connectivity index (χ0v) is 16.1. The molecular weight excluding hydrogens is 415 g/mol.